The molecule has 0 aromatic heterocycles. The molecule has 2 N–H and O–H groups in total. The van der Waals surface area contributed by atoms with Gasteiger partial charge in [0.25, 0.3) is 5.91 Å². The highest BCUT2D eigenvalue weighted by atomic mass is 16.4. The van der Waals surface area contributed by atoms with Crippen molar-refractivity contribution in [3.8, 4) is 0 Å². The number of hydrogen-bond acceptors (Lipinski definition) is 4. The summed E-state index contributed by atoms with van der Waals surface area (Å²) in [6.07, 6.45) is -0.440. The van der Waals surface area contributed by atoms with Crippen molar-refractivity contribution >= 4 is 23.7 Å². The van der Waals surface area contributed by atoms with E-state index < -0.39 is 41.9 Å². The van der Waals surface area contributed by atoms with Crippen LogP contribution in [-0.2, 0) is 20.8 Å². The first kappa shape index (κ1) is 16.9. The smallest absolute Gasteiger partial charge is 0.347 e. The Hall–Kier alpha value is -2.90. The first-order valence-corrected chi connectivity index (χ1v) is 8.07. The van der Waals surface area contributed by atoms with E-state index in [9.17, 15) is 24.3 Å². The molecule has 2 heterocycles. The third-order valence-corrected chi connectivity index (χ3v) is 4.74. The van der Waals surface area contributed by atoms with Crippen LogP contribution in [-0.4, -0.2) is 63.4 Å². The van der Waals surface area contributed by atoms with E-state index in [1.807, 2.05) is 19.1 Å². The van der Waals surface area contributed by atoms with Crippen molar-refractivity contribution < 1.29 is 24.3 Å². The van der Waals surface area contributed by atoms with E-state index in [1.165, 1.54) is 6.92 Å². The van der Waals surface area contributed by atoms with Crippen LogP contribution >= 0.6 is 0 Å². The van der Waals surface area contributed by atoms with Gasteiger partial charge in [0, 0.05) is 19.0 Å². The fourth-order valence-corrected chi connectivity index (χ4v) is 3.34. The van der Waals surface area contributed by atoms with Gasteiger partial charge in [-0.3, -0.25) is 14.4 Å². The van der Waals surface area contributed by atoms with E-state index in [-0.39, 0.29) is 6.54 Å². The molecule has 3 rings (SSSR count). The minimum Gasteiger partial charge on any atom is -0.478 e. The van der Waals surface area contributed by atoms with Gasteiger partial charge in [-0.05, 0) is 24.1 Å². The lowest BCUT2D eigenvalue weighted by Crippen LogP contribution is -2.71. The number of aryl methyl sites for hydroxylation is 1. The monoisotopic (exact) mass is 345 g/mol. The van der Waals surface area contributed by atoms with Crippen molar-refractivity contribution in [3.05, 3.63) is 35.4 Å². The Morgan fingerprint density at radius 3 is 2.40 bits per heavy atom. The summed E-state index contributed by atoms with van der Waals surface area (Å²) in [5, 5.41) is 11.9. The standard InChI is InChI=1S/C17H19N3O5/c1-3-10-4-6-11(7-5-10)14(22)18-13-12-8-19(9(2)21)15(17(24)25)20(12)16(13)23/h4-7,12-13,15H,3,8H2,1-2H3,(H,18,22)(H,24,25)/t12?,13-,15?/m1/s1. The molecule has 2 aliphatic rings. The van der Waals surface area contributed by atoms with Crippen molar-refractivity contribution in [2.24, 2.45) is 0 Å². The quantitative estimate of drug-likeness (QED) is 0.737. The minimum atomic E-state index is -1.30. The Balaban J connectivity index is 1.73. The number of nitrogens with one attached hydrogen (secondary N) is 1. The van der Waals surface area contributed by atoms with Gasteiger partial charge < -0.3 is 20.2 Å². The Morgan fingerprint density at radius 1 is 1.24 bits per heavy atom. The molecule has 2 fully saturated rings. The number of benzene rings is 1. The maximum atomic E-state index is 12.3. The van der Waals surface area contributed by atoms with Gasteiger partial charge in [-0.2, -0.15) is 0 Å². The zero-order chi connectivity index (χ0) is 18.3. The predicted molar refractivity (Wildman–Crippen MR) is 86.5 cm³/mol. The van der Waals surface area contributed by atoms with Crippen LogP contribution in [0.1, 0.15) is 29.8 Å². The highest BCUT2D eigenvalue weighted by Gasteiger charge is 2.60. The number of nitrogens with zero attached hydrogens (tertiary/aromatic N) is 2. The third-order valence-electron chi connectivity index (χ3n) is 4.74. The zero-order valence-corrected chi connectivity index (χ0v) is 13.9. The van der Waals surface area contributed by atoms with Gasteiger partial charge in [0.05, 0.1) is 6.04 Å². The lowest BCUT2D eigenvalue weighted by molar-refractivity contribution is -0.164. The van der Waals surface area contributed by atoms with Crippen molar-refractivity contribution in [3.63, 3.8) is 0 Å². The molecule has 3 atom stereocenters. The van der Waals surface area contributed by atoms with Gasteiger partial charge in [-0.25, -0.2) is 4.79 Å². The second-order valence-corrected chi connectivity index (χ2v) is 6.20. The maximum absolute atomic E-state index is 12.3. The first-order valence-electron chi connectivity index (χ1n) is 8.07. The van der Waals surface area contributed by atoms with Crippen LogP contribution in [0.3, 0.4) is 0 Å². The summed E-state index contributed by atoms with van der Waals surface area (Å²) in [7, 11) is 0. The molecule has 2 unspecified atom stereocenters. The highest BCUT2D eigenvalue weighted by Crippen LogP contribution is 2.32. The number of carboxylic acid groups (broad SMARTS) is 1. The lowest BCUT2D eigenvalue weighted by atomic mass is 9.96. The zero-order valence-electron chi connectivity index (χ0n) is 13.9. The molecule has 3 amide bonds. The molecular formula is C17H19N3O5. The van der Waals surface area contributed by atoms with Crippen molar-refractivity contribution in [2.75, 3.05) is 6.54 Å². The van der Waals surface area contributed by atoms with Crippen LogP contribution in [0.15, 0.2) is 24.3 Å². The maximum Gasteiger partial charge on any atom is 0.347 e. The van der Waals surface area contributed by atoms with Crippen molar-refractivity contribution in [2.45, 2.75) is 38.5 Å². The van der Waals surface area contributed by atoms with Crippen LogP contribution in [0, 0.1) is 0 Å². The summed E-state index contributed by atoms with van der Waals surface area (Å²) >= 11 is 0. The molecule has 2 aliphatic heterocycles. The number of aliphatic carboxylic acids is 1. The van der Waals surface area contributed by atoms with Gasteiger partial charge in [0.2, 0.25) is 18.0 Å². The molecule has 132 valence electrons. The molecule has 8 heteroatoms. The SMILES string of the molecule is CCc1ccc(C(=O)N[C@H]2C(=O)N3C2CN(C(C)=O)C3C(=O)O)cc1. The van der Waals surface area contributed by atoms with E-state index in [0.717, 1.165) is 21.8 Å². The lowest BCUT2D eigenvalue weighted by Gasteiger charge is -2.43. The minimum absolute atomic E-state index is 0.0950. The summed E-state index contributed by atoms with van der Waals surface area (Å²) in [4.78, 5) is 49.9. The molecular weight excluding hydrogens is 326 g/mol. The number of carboxylic acids is 1. The molecule has 0 aliphatic carbocycles. The molecule has 1 aromatic carbocycles. The molecule has 0 radical (unpaired) electrons. The van der Waals surface area contributed by atoms with Crippen LogP contribution in [0.2, 0.25) is 0 Å². The van der Waals surface area contributed by atoms with Crippen LogP contribution in [0.25, 0.3) is 0 Å². The average Bonchev–Trinajstić information content (AvgIpc) is 2.96. The first-order chi connectivity index (χ1) is 11.8. The number of fused-ring (bicyclic) bond motifs is 1. The molecule has 0 bridgehead atoms. The molecule has 0 spiro atoms. The predicted octanol–water partition coefficient (Wildman–Crippen LogP) is -0.169. The van der Waals surface area contributed by atoms with Gasteiger partial charge in [-0.1, -0.05) is 19.1 Å². The summed E-state index contributed by atoms with van der Waals surface area (Å²) in [5.74, 6) is -2.56. The number of β-lactam (4-membered cyclic amide) rings is 1. The number of hydrogen-bond donors (Lipinski definition) is 2. The second kappa shape index (κ2) is 6.19. The number of rotatable bonds is 4. The molecule has 2 saturated heterocycles. The highest BCUT2D eigenvalue weighted by molar-refractivity contribution is 6.02. The molecule has 25 heavy (non-hydrogen) atoms. The molecule has 8 nitrogen and oxygen atoms in total. The largest absolute Gasteiger partial charge is 0.478 e. The summed E-state index contributed by atoms with van der Waals surface area (Å²) < 4.78 is 0. The average molecular weight is 345 g/mol. The molecule has 1 aromatic rings. The van der Waals surface area contributed by atoms with Crippen LogP contribution in [0.5, 0.6) is 0 Å². The Bertz CT molecular complexity index is 745. The van der Waals surface area contributed by atoms with Gasteiger partial charge in [0.15, 0.2) is 0 Å². The Kier molecular flexibility index (Phi) is 4.20. The van der Waals surface area contributed by atoms with E-state index in [0.29, 0.717) is 5.56 Å². The van der Waals surface area contributed by atoms with E-state index in [4.69, 9.17) is 0 Å². The van der Waals surface area contributed by atoms with Gasteiger partial charge >= 0.3 is 5.97 Å². The van der Waals surface area contributed by atoms with Gasteiger partial charge in [0.1, 0.15) is 6.04 Å². The number of carbonyl (C=O) groups is 4. The van der Waals surface area contributed by atoms with Crippen LogP contribution in [0.4, 0.5) is 0 Å². The summed E-state index contributed by atoms with van der Waals surface area (Å²) in [6.45, 7) is 3.36. The second-order valence-electron chi connectivity index (χ2n) is 6.20. The fraction of sp³-hybridized carbons (Fsp3) is 0.412. The fourth-order valence-electron chi connectivity index (χ4n) is 3.34. The normalized spacial score (nSPS) is 24.6. The topological polar surface area (TPSA) is 107 Å². The van der Waals surface area contributed by atoms with Crippen molar-refractivity contribution in [1.29, 1.82) is 0 Å². The van der Waals surface area contributed by atoms with Crippen molar-refractivity contribution in [1.82, 2.24) is 15.1 Å². The van der Waals surface area contributed by atoms with E-state index in [1.54, 1.807) is 12.1 Å². The van der Waals surface area contributed by atoms with Crippen LogP contribution < -0.4 is 5.32 Å². The summed E-state index contributed by atoms with van der Waals surface area (Å²) in [5.41, 5.74) is 1.53. The Morgan fingerprint density at radius 2 is 1.88 bits per heavy atom. The third kappa shape index (κ3) is 2.73. The van der Waals surface area contributed by atoms with Gasteiger partial charge in [-0.15, -0.1) is 0 Å². The summed E-state index contributed by atoms with van der Waals surface area (Å²) in [6, 6.07) is 5.73. The van der Waals surface area contributed by atoms with E-state index >= 15 is 0 Å². The Labute approximate surface area is 144 Å². The van der Waals surface area contributed by atoms with E-state index in [2.05, 4.69) is 5.32 Å². The number of amides is 3. The number of carbonyl (C=O) groups excluding carboxylic acids is 3. The molecule has 0 saturated carbocycles.